The molecule has 0 N–H and O–H groups in total. The van der Waals surface area contributed by atoms with Crippen molar-refractivity contribution in [1.29, 1.82) is 0 Å². The Labute approximate surface area is 136 Å². The van der Waals surface area contributed by atoms with Crippen molar-refractivity contribution in [2.24, 2.45) is 0 Å². The molecule has 0 aliphatic carbocycles. The Hall–Kier alpha value is -2.56. The lowest BCUT2D eigenvalue weighted by Crippen LogP contribution is -2.49. The van der Waals surface area contributed by atoms with Gasteiger partial charge in [-0.1, -0.05) is 12.1 Å². The van der Waals surface area contributed by atoms with Crippen LogP contribution in [0.25, 0.3) is 0 Å². The van der Waals surface area contributed by atoms with Gasteiger partial charge in [0.2, 0.25) is 5.91 Å². The van der Waals surface area contributed by atoms with Crippen molar-refractivity contribution in [3.8, 4) is 5.75 Å². The molecule has 1 saturated heterocycles. The average molecular weight is 311 g/mol. The van der Waals surface area contributed by atoms with E-state index < -0.39 is 0 Å². The molecule has 3 rings (SSSR count). The summed E-state index contributed by atoms with van der Waals surface area (Å²) in [7, 11) is 1.64. The van der Waals surface area contributed by atoms with Gasteiger partial charge in [-0.2, -0.15) is 0 Å². The van der Waals surface area contributed by atoms with E-state index >= 15 is 0 Å². The van der Waals surface area contributed by atoms with Crippen molar-refractivity contribution in [2.75, 3.05) is 38.2 Å². The second-order valence-corrected chi connectivity index (χ2v) is 5.60. The molecule has 120 valence electrons. The van der Waals surface area contributed by atoms with Crippen molar-refractivity contribution in [2.45, 2.75) is 6.42 Å². The summed E-state index contributed by atoms with van der Waals surface area (Å²) in [5.74, 6) is 0.997. The standard InChI is InChI=1S/C18H21N3O2/c1-23-17-4-2-15(3-5-17)14-18(22)21-12-10-20(11-13-21)16-6-8-19-9-7-16/h2-9H,10-14H2,1H3. The molecule has 1 amide bonds. The van der Waals surface area contributed by atoms with Crippen LogP contribution in [0, 0.1) is 0 Å². The first-order valence-electron chi connectivity index (χ1n) is 7.82. The minimum absolute atomic E-state index is 0.185. The summed E-state index contributed by atoms with van der Waals surface area (Å²) in [6.45, 7) is 3.24. The highest BCUT2D eigenvalue weighted by molar-refractivity contribution is 5.79. The Bertz CT molecular complexity index is 635. The van der Waals surface area contributed by atoms with Crippen LogP contribution >= 0.6 is 0 Å². The number of hydrogen-bond donors (Lipinski definition) is 0. The van der Waals surface area contributed by atoms with Crippen LogP contribution in [0.3, 0.4) is 0 Å². The Morgan fingerprint density at radius 3 is 2.30 bits per heavy atom. The quantitative estimate of drug-likeness (QED) is 0.866. The maximum absolute atomic E-state index is 12.4. The number of ether oxygens (including phenoxy) is 1. The zero-order valence-corrected chi connectivity index (χ0v) is 13.3. The van der Waals surface area contributed by atoms with E-state index in [0.717, 1.165) is 37.5 Å². The normalized spacial score (nSPS) is 14.7. The summed E-state index contributed by atoms with van der Waals surface area (Å²) in [5.41, 5.74) is 2.19. The summed E-state index contributed by atoms with van der Waals surface area (Å²) in [5, 5.41) is 0. The fourth-order valence-electron chi connectivity index (χ4n) is 2.80. The second-order valence-electron chi connectivity index (χ2n) is 5.60. The van der Waals surface area contributed by atoms with E-state index in [4.69, 9.17) is 4.74 Å². The molecular weight excluding hydrogens is 290 g/mol. The monoisotopic (exact) mass is 311 g/mol. The molecule has 1 fully saturated rings. The highest BCUT2D eigenvalue weighted by Gasteiger charge is 2.21. The molecule has 5 nitrogen and oxygen atoms in total. The molecule has 0 radical (unpaired) electrons. The maximum Gasteiger partial charge on any atom is 0.227 e. The Morgan fingerprint density at radius 2 is 1.70 bits per heavy atom. The van der Waals surface area contributed by atoms with Crippen LogP contribution in [0.5, 0.6) is 5.75 Å². The molecule has 1 aliphatic rings. The van der Waals surface area contributed by atoms with Gasteiger partial charge in [-0.15, -0.1) is 0 Å². The molecule has 23 heavy (non-hydrogen) atoms. The molecule has 0 unspecified atom stereocenters. The van der Waals surface area contributed by atoms with Crippen LogP contribution < -0.4 is 9.64 Å². The van der Waals surface area contributed by atoms with Crippen LogP contribution in [0.2, 0.25) is 0 Å². The topological polar surface area (TPSA) is 45.7 Å². The van der Waals surface area contributed by atoms with E-state index in [9.17, 15) is 4.79 Å². The van der Waals surface area contributed by atoms with Gasteiger partial charge in [-0.25, -0.2) is 0 Å². The van der Waals surface area contributed by atoms with E-state index in [1.165, 1.54) is 5.69 Å². The third kappa shape index (κ3) is 3.80. The van der Waals surface area contributed by atoms with Crippen molar-refractivity contribution >= 4 is 11.6 Å². The number of carbonyl (C=O) groups excluding carboxylic acids is 1. The number of methoxy groups -OCH3 is 1. The summed E-state index contributed by atoms with van der Waals surface area (Å²) in [6, 6.07) is 11.7. The number of amides is 1. The maximum atomic E-state index is 12.4. The fourth-order valence-corrected chi connectivity index (χ4v) is 2.80. The number of nitrogens with zero attached hydrogens (tertiary/aromatic N) is 3. The Balaban J connectivity index is 1.53. The lowest BCUT2D eigenvalue weighted by molar-refractivity contribution is -0.130. The van der Waals surface area contributed by atoms with Crippen LogP contribution in [0.1, 0.15) is 5.56 Å². The van der Waals surface area contributed by atoms with Crippen molar-refractivity contribution in [3.05, 3.63) is 54.4 Å². The molecule has 1 aromatic heterocycles. The molecule has 1 aromatic carbocycles. The number of pyridine rings is 1. The molecule has 2 heterocycles. The molecular formula is C18H21N3O2. The molecule has 0 bridgehead atoms. The number of benzene rings is 1. The lowest BCUT2D eigenvalue weighted by Gasteiger charge is -2.36. The predicted octanol–water partition coefficient (Wildman–Crippen LogP) is 1.98. The number of rotatable bonds is 4. The smallest absolute Gasteiger partial charge is 0.227 e. The SMILES string of the molecule is COc1ccc(CC(=O)N2CCN(c3ccncc3)CC2)cc1. The van der Waals surface area contributed by atoms with Crippen LogP contribution in [-0.4, -0.2) is 49.1 Å². The number of aromatic nitrogens is 1. The fraction of sp³-hybridized carbons (Fsp3) is 0.333. The van der Waals surface area contributed by atoms with E-state index in [0.29, 0.717) is 6.42 Å². The summed E-state index contributed by atoms with van der Waals surface area (Å²) >= 11 is 0. The van der Waals surface area contributed by atoms with Gasteiger partial charge in [0.25, 0.3) is 0 Å². The summed E-state index contributed by atoms with van der Waals surface area (Å²) in [4.78, 5) is 20.7. The van der Waals surface area contributed by atoms with Gasteiger partial charge >= 0.3 is 0 Å². The Morgan fingerprint density at radius 1 is 1.04 bits per heavy atom. The first-order chi connectivity index (χ1) is 11.3. The van der Waals surface area contributed by atoms with Gasteiger partial charge in [-0.05, 0) is 29.8 Å². The van der Waals surface area contributed by atoms with Gasteiger partial charge in [0, 0.05) is 44.3 Å². The van der Waals surface area contributed by atoms with Crippen molar-refractivity contribution in [1.82, 2.24) is 9.88 Å². The van der Waals surface area contributed by atoms with Crippen LogP contribution in [0.4, 0.5) is 5.69 Å². The van der Waals surface area contributed by atoms with Crippen molar-refractivity contribution in [3.63, 3.8) is 0 Å². The van der Waals surface area contributed by atoms with E-state index in [2.05, 4.69) is 9.88 Å². The number of carbonyl (C=O) groups is 1. The molecule has 1 aliphatic heterocycles. The van der Waals surface area contributed by atoms with Gasteiger partial charge in [-0.3, -0.25) is 9.78 Å². The van der Waals surface area contributed by atoms with Gasteiger partial charge in [0.15, 0.2) is 0 Å². The minimum Gasteiger partial charge on any atom is -0.497 e. The first-order valence-corrected chi connectivity index (χ1v) is 7.82. The summed E-state index contributed by atoms with van der Waals surface area (Å²) < 4.78 is 5.14. The molecule has 5 heteroatoms. The van der Waals surface area contributed by atoms with E-state index in [1.807, 2.05) is 41.3 Å². The van der Waals surface area contributed by atoms with Crippen LogP contribution in [0.15, 0.2) is 48.8 Å². The molecule has 0 spiro atoms. The highest BCUT2D eigenvalue weighted by atomic mass is 16.5. The van der Waals surface area contributed by atoms with E-state index in [1.54, 1.807) is 19.5 Å². The van der Waals surface area contributed by atoms with Gasteiger partial charge < -0.3 is 14.5 Å². The highest BCUT2D eigenvalue weighted by Crippen LogP contribution is 2.16. The van der Waals surface area contributed by atoms with Crippen molar-refractivity contribution < 1.29 is 9.53 Å². The second kappa shape index (κ2) is 7.13. The summed E-state index contributed by atoms with van der Waals surface area (Å²) in [6.07, 6.45) is 4.05. The number of anilines is 1. The number of hydrogen-bond acceptors (Lipinski definition) is 4. The average Bonchev–Trinajstić information content (AvgIpc) is 2.63. The number of piperazine rings is 1. The minimum atomic E-state index is 0.185. The predicted molar refractivity (Wildman–Crippen MR) is 89.7 cm³/mol. The first kappa shape index (κ1) is 15.3. The zero-order chi connectivity index (χ0) is 16.1. The molecule has 0 atom stereocenters. The Kier molecular flexibility index (Phi) is 4.76. The van der Waals surface area contributed by atoms with E-state index in [-0.39, 0.29) is 5.91 Å². The molecule has 2 aromatic rings. The van der Waals surface area contributed by atoms with Gasteiger partial charge in [0.05, 0.1) is 13.5 Å². The third-order valence-electron chi connectivity index (χ3n) is 4.17. The lowest BCUT2D eigenvalue weighted by atomic mass is 10.1. The molecule has 0 saturated carbocycles. The largest absolute Gasteiger partial charge is 0.497 e. The van der Waals surface area contributed by atoms with Gasteiger partial charge in [0.1, 0.15) is 5.75 Å². The zero-order valence-electron chi connectivity index (χ0n) is 13.3. The van der Waals surface area contributed by atoms with Crippen LogP contribution in [-0.2, 0) is 11.2 Å². The third-order valence-corrected chi connectivity index (χ3v) is 4.17.